The normalized spacial score (nSPS) is 45.2. The van der Waals surface area contributed by atoms with Crippen LogP contribution < -0.4 is 0 Å². The highest BCUT2D eigenvalue weighted by Gasteiger charge is 2.54. The minimum Gasteiger partial charge on any atom is -0.373 e. The van der Waals surface area contributed by atoms with E-state index < -0.39 is 0 Å². The molecule has 2 fully saturated rings. The maximum absolute atomic E-state index is 9.18. The van der Waals surface area contributed by atoms with Crippen molar-refractivity contribution in [2.24, 2.45) is 11.3 Å². The molecular formula is C10H15NO. The Morgan fingerprint density at radius 3 is 2.50 bits per heavy atom. The predicted octanol–water partition coefficient (Wildman–Crippen LogP) is 2.10. The van der Waals surface area contributed by atoms with E-state index >= 15 is 0 Å². The fraction of sp³-hybridized carbons (Fsp3) is 0.900. The molecule has 0 aromatic rings. The molecule has 0 N–H and O–H groups in total. The van der Waals surface area contributed by atoms with E-state index in [2.05, 4.69) is 19.9 Å². The fourth-order valence-electron chi connectivity index (χ4n) is 2.60. The second-order valence-corrected chi connectivity index (χ2v) is 4.34. The number of fused-ring (bicyclic) bond motifs is 2. The highest BCUT2D eigenvalue weighted by molar-refractivity contribution is 5.13. The van der Waals surface area contributed by atoms with Gasteiger partial charge in [-0.25, -0.2) is 0 Å². The first-order valence-corrected chi connectivity index (χ1v) is 4.76. The molecule has 12 heavy (non-hydrogen) atoms. The number of nitrogens with zero attached hydrogens (tertiary/aromatic N) is 1. The first-order chi connectivity index (χ1) is 5.69. The van der Waals surface area contributed by atoms with Gasteiger partial charge in [-0.1, -0.05) is 13.8 Å². The second-order valence-electron chi connectivity index (χ2n) is 4.34. The lowest BCUT2D eigenvalue weighted by atomic mass is 9.68. The lowest BCUT2D eigenvalue weighted by Crippen LogP contribution is -2.35. The number of hydrogen-bond acceptors (Lipinski definition) is 2. The first kappa shape index (κ1) is 8.07. The monoisotopic (exact) mass is 165 g/mol. The smallest absolute Gasteiger partial charge is 0.0882 e. The van der Waals surface area contributed by atoms with Crippen LogP contribution in [-0.2, 0) is 4.74 Å². The van der Waals surface area contributed by atoms with Crippen molar-refractivity contribution in [2.45, 2.75) is 45.3 Å². The Hall–Kier alpha value is -0.550. The molecule has 2 bridgehead atoms. The van der Waals surface area contributed by atoms with Gasteiger partial charge in [0.05, 0.1) is 23.7 Å². The Balaban J connectivity index is 2.27. The van der Waals surface area contributed by atoms with E-state index in [1.807, 2.05) is 0 Å². The predicted molar refractivity (Wildman–Crippen MR) is 45.4 cm³/mol. The van der Waals surface area contributed by atoms with Gasteiger partial charge in [-0.15, -0.1) is 0 Å². The van der Waals surface area contributed by atoms with Gasteiger partial charge in [0.1, 0.15) is 0 Å². The Bertz CT molecular complexity index is 230. The van der Waals surface area contributed by atoms with Crippen LogP contribution in [0.1, 0.15) is 33.1 Å². The van der Waals surface area contributed by atoms with Crippen LogP contribution in [-0.4, -0.2) is 12.2 Å². The van der Waals surface area contributed by atoms with Crippen molar-refractivity contribution in [1.29, 1.82) is 5.26 Å². The van der Waals surface area contributed by atoms with Crippen molar-refractivity contribution in [3.63, 3.8) is 0 Å². The standard InChI is InChI=1S/C10H15NO/c1-7(2)10(6-11)5-8-3-4-9(10)12-8/h7-9H,3-5H2,1-2H3. The third-order valence-electron chi connectivity index (χ3n) is 3.49. The molecule has 0 saturated carbocycles. The van der Waals surface area contributed by atoms with Gasteiger partial charge in [0, 0.05) is 0 Å². The Morgan fingerprint density at radius 1 is 1.50 bits per heavy atom. The summed E-state index contributed by atoms with van der Waals surface area (Å²) in [5.41, 5.74) is -0.164. The molecule has 2 saturated heterocycles. The third-order valence-corrected chi connectivity index (χ3v) is 3.49. The maximum atomic E-state index is 9.18. The Morgan fingerprint density at radius 2 is 2.25 bits per heavy atom. The van der Waals surface area contributed by atoms with Crippen molar-refractivity contribution in [3.8, 4) is 6.07 Å². The summed E-state index contributed by atoms with van der Waals surface area (Å²) in [6.45, 7) is 4.26. The van der Waals surface area contributed by atoms with Crippen molar-refractivity contribution < 1.29 is 4.74 Å². The van der Waals surface area contributed by atoms with E-state index in [-0.39, 0.29) is 11.5 Å². The molecule has 2 heterocycles. The molecule has 0 aromatic carbocycles. The molecule has 2 rings (SSSR count). The van der Waals surface area contributed by atoms with Gasteiger partial charge in [0.25, 0.3) is 0 Å². The van der Waals surface area contributed by atoms with E-state index in [9.17, 15) is 5.26 Å². The van der Waals surface area contributed by atoms with Crippen LogP contribution in [0.15, 0.2) is 0 Å². The first-order valence-electron chi connectivity index (χ1n) is 4.76. The van der Waals surface area contributed by atoms with Crippen LogP contribution in [0.3, 0.4) is 0 Å². The summed E-state index contributed by atoms with van der Waals surface area (Å²) in [5, 5.41) is 9.18. The summed E-state index contributed by atoms with van der Waals surface area (Å²) in [6, 6.07) is 2.48. The van der Waals surface area contributed by atoms with Gasteiger partial charge in [0.2, 0.25) is 0 Å². The van der Waals surface area contributed by atoms with Crippen LogP contribution >= 0.6 is 0 Å². The van der Waals surface area contributed by atoms with Crippen molar-refractivity contribution >= 4 is 0 Å². The molecule has 66 valence electrons. The molecule has 3 atom stereocenters. The van der Waals surface area contributed by atoms with Gasteiger partial charge >= 0.3 is 0 Å². The van der Waals surface area contributed by atoms with Crippen LogP contribution in [0.2, 0.25) is 0 Å². The van der Waals surface area contributed by atoms with Crippen molar-refractivity contribution in [3.05, 3.63) is 0 Å². The molecule has 0 aromatic heterocycles. The van der Waals surface area contributed by atoms with Crippen LogP contribution in [0.5, 0.6) is 0 Å². The fourth-order valence-corrected chi connectivity index (χ4v) is 2.60. The van der Waals surface area contributed by atoms with Gasteiger partial charge in [-0.05, 0) is 25.2 Å². The molecule has 2 heteroatoms. The average Bonchev–Trinajstić information content (AvgIpc) is 2.62. The quantitative estimate of drug-likeness (QED) is 0.596. The van der Waals surface area contributed by atoms with Crippen LogP contribution in [0.25, 0.3) is 0 Å². The zero-order chi connectivity index (χ0) is 8.77. The van der Waals surface area contributed by atoms with Gasteiger partial charge < -0.3 is 4.74 Å². The summed E-state index contributed by atoms with van der Waals surface area (Å²) in [4.78, 5) is 0. The molecular weight excluding hydrogens is 150 g/mol. The molecule has 2 nitrogen and oxygen atoms in total. The van der Waals surface area contributed by atoms with E-state index in [1.165, 1.54) is 6.42 Å². The van der Waals surface area contributed by atoms with Crippen molar-refractivity contribution in [2.75, 3.05) is 0 Å². The molecule has 0 amide bonds. The lowest BCUT2D eigenvalue weighted by Gasteiger charge is -2.31. The molecule has 0 radical (unpaired) electrons. The van der Waals surface area contributed by atoms with Crippen LogP contribution in [0, 0.1) is 22.7 Å². The van der Waals surface area contributed by atoms with Gasteiger partial charge in [-0.2, -0.15) is 5.26 Å². The molecule has 3 unspecified atom stereocenters. The Kier molecular flexibility index (Phi) is 1.66. The van der Waals surface area contributed by atoms with Crippen molar-refractivity contribution in [1.82, 2.24) is 0 Å². The maximum Gasteiger partial charge on any atom is 0.0882 e. The van der Waals surface area contributed by atoms with E-state index in [0.717, 1.165) is 12.8 Å². The summed E-state index contributed by atoms with van der Waals surface area (Å²) < 4.78 is 5.72. The van der Waals surface area contributed by atoms with E-state index in [4.69, 9.17) is 4.74 Å². The summed E-state index contributed by atoms with van der Waals surface area (Å²) in [5.74, 6) is 0.429. The highest BCUT2D eigenvalue weighted by atomic mass is 16.5. The minimum absolute atomic E-state index is 0.164. The second kappa shape index (κ2) is 2.47. The molecule has 2 aliphatic heterocycles. The summed E-state index contributed by atoms with van der Waals surface area (Å²) >= 11 is 0. The summed E-state index contributed by atoms with van der Waals surface area (Å²) in [6.07, 6.45) is 3.84. The third kappa shape index (κ3) is 0.834. The number of nitriles is 1. The topological polar surface area (TPSA) is 33.0 Å². The minimum atomic E-state index is -0.164. The zero-order valence-corrected chi connectivity index (χ0v) is 7.71. The number of ether oxygens (including phenoxy) is 1. The summed E-state index contributed by atoms with van der Waals surface area (Å²) in [7, 11) is 0. The highest BCUT2D eigenvalue weighted by Crippen LogP contribution is 2.51. The number of hydrogen-bond donors (Lipinski definition) is 0. The Labute approximate surface area is 73.5 Å². The largest absolute Gasteiger partial charge is 0.373 e. The molecule has 0 spiro atoms. The van der Waals surface area contributed by atoms with E-state index in [0.29, 0.717) is 12.0 Å². The molecule has 0 aliphatic carbocycles. The van der Waals surface area contributed by atoms with Crippen LogP contribution in [0.4, 0.5) is 0 Å². The van der Waals surface area contributed by atoms with Gasteiger partial charge in [0.15, 0.2) is 0 Å². The SMILES string of the molecule is CC(C)C1(C#N)CC2CCC1O2. The van der Waals surface area contributed by atoms with E-state index in [1.54, 1.807) is 0 Å². The lowest BCUT2D eigenvalue weighted by molar-refractivity contribution is 0.0642. The zero-order valence-electron chi connectivity index (χ0n) is 7.71. The molecule has 2 aliphatic rings. The number of rotatable bonds is 1. The van der Waals surface area contributed by atoms with Gasteiger partial charge in [-0.3, -0.25) is 0 Å². The average molecular weight is 165 g/mol.